The summed E-state index contributed by atoms with van der Waals surface area (Å²) in [4.78, 5) is 23.9. The lowest BCUT2D eigenvalue weighted by Gasteiger charge is -2.04. The Kier molecular flexibility index (Phi) is 5.87. The lowest BCUT2D eigenvalue weighted by atomic mass is 10.1. The van der Waals surface area contributed by atoms with Gasteiger partial charge in [0.15, 0.2) is 5.78 Å². The molecule has 1 amide bonds. The number of carbonyl (C=O) groups excluding carboxylic acids is 2. The molecule has 6 heteroatoms. The van der Waals surface area contributed by atoms with Gasteiger partial charge in [-0.05, 0) is 43.3 Å². The number of benzene rings is 2. The molecular formula is C22H15BrN2O3. The van der Waals surface area contributed by atoms with Gasteiger partial charge in [-0.2, -0.15) is 5.26 Å². The minimum absolute atomic E-state index is 0.0375. The van der Waals surface area contributed by atoms with Crippen molar-refractivity contribution in [3.05, 3.63) is 82.0 Å². The Bertz CT molecular complexity index is 1120. The summed E-state index contributed by atoms with van der Waals surface area (Å²) in [5.74, 6) is 0.338. The van der Waals surface area contributed by atoms with Crippen molar-refractivity contribution in [1.29, 1.82) is 5.26 Å². The molecule has 0 aliphatic rings. The first-order valence-electron chi connectivity index (χ1n) is 8.36. The number of hydrogen-bond donors (Lipinski definition) is 1. The van der Waals surface area contributed by atoms with E-state index in [-0.39, 0.29) is 11.4 Å². The Hall–Kier alpha value is -3.43. The average molecular weight is 435 g/mol. The number of anilines is 1. The maximum absolute atomic E-state index is 12.4. The summed E-state index contributed by atoms with van der Waals surface area (Å²) in [6.07, 6.45) is 1.38. The van der Waals surface area contributed by atoms with E-state index in [1.54, 1.807) is 48.5 Å². The van der Waals surface area contributed by atoms with Crippen LogP contribution in [0, 0.1) is 11.3 Å². The molecule has 0 aliphatic carbocycles. The van der Waals surface area contributed by atoms with Crippen molar-refractivity contribution in [3.8, 4) is 17.4 Å². The summed E-state index contributed by atoms with van der Waals surface area (Å²) < 4.78 is 6.55. The van der Waals surface area contributed by atoms with Crippen LogP contribution in [-0.2, 0) is 4.79 Å². The first kappa shape index (κ1) is 19.3. The van der Waals surface area contributed by atoms with Crippen LogP contribution in [0.1, 0.15) is 23.0 Å². The zero-order valence-electron chi connectivity index (χ0n) is 14.9. The number of nitriles is 1. The Morgan fingerprint density at radius 1 is 1.11 bits per heavy atom. The van der Waals surface area contributed by atoms with Crippen molar-refractivity contribution in [2.24, 2.45) is 0 Å². The van der Waals surface area contributed by atoms with Gasteiger partial charge in [0.1, 0.15) is 23.2 Å². The van der Waals surface area contributed by atoms with Crippen LogP contribution in [0.4, 0.5) is 5.69 Å². The monoisotopic (exact) mass is 434 g/mol. The fourth-order valence-corrected chi connectivity index (χ4v) is 2.93. The van der Waals surface area contributed by atoms with Gasteiger partial charge >= 0.3 is 0 Å². The van der Waals surface area contributed by atoms with Crippen LogP contribution in [0.5, 0.6) is 0 Å². The average Bonchev–Trinajstić information content (AvgIpc) is 3.15. The Morgan fingerprint density at radius 3 is 2.61 bits per heavy atom. The van der Waals surface area contributed by atoms with E-state index in [1.807, 2.05) is 18.2 Å². The molecule has 1 N–H and O–H groups in total. The summed E-state index contributed by atoms with van der Waals surface area (Å²) in [5.41, 5.74) is 1.81. The zero-order chi connectivity index (χ0) is 20.1. The predicted molar refractivity (Wildman–Crippen MR) is 111 cm³/mol. The predicted octanol–water partition coefficient (Wildman–Crippen LogP) is 5.46. The number of carbonyl (C=O) groups is 2. The minimum atomic E-state index is -0.530. The zero-order valence-corrected chi connectivity index (χ0v) is 16.5. The number of hydrogen-bond acceptors (Lipinski definition) is 4. The molecule has 0 saturated carbocycles. The third kappa shape index (κ3) is 4.64. The Morgan fingerprint density at radius 2 is 1.89 bits per heavy atom. The molecule has 0 spiro atoms. The van der Waals surface area contributed by atoms with E-state index in [9.17, 15) is 14.9 Å². The largest absolute Gasteiger partial charge is 0.457 e. The van der Waals surface area contributed by atoms with Crippen molar-refractivity contribution in [1.82, 2.24) is 0 Å². The summed E-state index contributed by atoms with van der Waals surface area (Å²) in [6, 6.07) is 19.4. The number of nitrogens with zero attached hydrogens (tertiary/aromatic N) is 1. The second kappa shape index (κ2) is 8.51. The molecule has 0 atom stereocenters. The van der Waals surface area contributed by atoms with Crippen LogP contribution in [0.15, 0.2) is 75.1 Å². The molecule has 0 aliphatic heterocycles. The molecule has 0 bridgehead atoms. The smallest absolute Gasteiger partial charge is 0.266 e. The van der Waals surface area contributed by atoms with Crippen molar-refractivity contribution in [3.63, 3.8) is 0 Å². The van der Waals surface area contributed by atoms with E-state index in [0.717, 1.165) is 10.0 Å². The number of halogens is 1. The van der Waals surface area contributed by atoms with Gasteiger partial charge in [0.2, 0.25) is 0 Å². The number of amides is 1. The summed E-state index contributed by atoms with van der Waals surface area (Å²) >= 11 is 3.33. The summed E-state index contributed by atoms with van der Waals surface area (Å²) in [7, 11) is 0. The van der Waals surface area contributed by atoms with Crippen molar-refractivity contribution >= 4 is 39.4 Å². The maximum atomic E-state index is 12.4. The van der Waals surface area contributed by atoms with Crippen LogP contribution in [-0.4, -0.2) is 11.7 Å². The SMILES string of the molecule is CC(=O)c1cccc(-c2ccc(/C=C(/C#N)C(=O)Nc3cccc(Br)c3)o2)c1. The quantitative estimate of drug-likeness (QED) is 0.328. The van der Waals surface area contributed by atoms with Crippen LogP contribution in [0.25, 0.3) is 17.4 Å². The highest BCUT2D eigenvalue weighted by molar-refractivity contribution is 9.10. The molecule has 28 heavy (non-hydrogen) atoms. The molecule has 138 valence electrons. The number of ketones is 1. The third-order valence-corrected chi connectivity index (χ3v) is 4.41. The topological polar surface area (TPSA) is 83.1 Å². The van der Waals surface area contributed by atoms with Crippen LogP contribution in [0.2, 0.25) is 0 Å². The van der Waals surface area contributed by atoms with Crippen LogP contribution >= 0.6 is 15.9 Å². The second-order valence-corrected chi connectivity index (χ2v) is 6.89. The summed E-state index contributed by atoms with van der Waals surface area (Å²) in [5, 5.41) is 12.0. The molecule has 0 saturated heterocycles. The molecule has 3 rings (SSSR count). The van der Waals surface area contributed by atoms with Crippen molar-refractivity contribution in [2.75, 3.05) is 5.32 Å². The van der Waals surface area contributed by atoms with Crippen molar-refractivity contribution < 1.29 is 14.0 Å². The van der Waals surface area contributed by atoms with Gasteiger partial charge in [-0.3, -0.25) is 9.59 Å². The van der Waals surface area contributed by atoms with E-state index in [2.05, 4.69) is 21.2 Å². The van der Waals surface area contributed by atoms with Crippen LogP contribution < -0.4 is 5.32 Å². The molecule has 2 aromatic carbocycles. The van der Waals surface area contributed by atoms with Gasteiger partial charge in [-0.15, -0.1) is 0 Å². The second-order valence-electron chi connectivity index (χ2n) is 5.97. The fraction of sp³-hybridized carbons (Fsp3) is 0.0455. The number of furan rings is 1. The van der Waals surface area contributed by atoms with Crippen molar-refractivity contribution in [2.45, 2.75) is 6.92 Å². The fourth-order valence-electron chi connectivity index (χ4n) is 2.53. The van der Waals surface area contributed by atoms with E-state index in [0.29, 0.717) is 22.8 Å². The minimum Gasteiger partial charge on any atom is -0.457 e. The molecular weight excluding hydrogens is 420 g/mol. The normalized spacial score (nSPS) is 11.0. The van der Waals surface area contributed by atoms with Gasteiger partial charge in [-0.25, -0.2) is 0 Å². The molecule has 0 unspecified atom stereocenters. The maximum Gasteiger partial charge on any atom is 0.266 e. The van der Waals surface area contributed by atoms with Gasteiger partial charge in [0.05, 0.1) is 0 Å². The highest BCUT2D eigenvalue weighted by atomic mass is 79.9. The number of nitrogens with one attached hydrogen (secondary N) is 1. The molecule has 1 heterocycles. The molecule has 1 aromatic heterocycles. The summed E-state index contributed by atoms with van der Waals surface area (Å²) in [6.45, 7) is 1.50. The lowest BCUT2D eigenvalue weighted by molar-refractivity contribution is -0.112. The number of rotatable bonds is 5. The standard InChI is InChI=1S/C22H15BrN2O3/c1-14(26)15-4-2-5-16(10-15)21-9-8-20(28-21)11-17(13-24)22(27)25-19-7-3-6-18(23)12-19/h2-12H,1H3,(H,25,27)/b17-11-. The van der Waals surface area contributed by atoms with E-state index < -0.39 is 5.91 Å². The molecule has 0 radical (unpaired) electrons. The molecule has 5 nitrogen and oxygen atoms in total. The first-order chi connectivity index (χ1) is 13.5. The van der Waals surface area contributed by atoms with Gasteiger partial charge < -0.3 is 9.73 Å². The van der Waals surface area contributed by atoms with Crippen LogP contribution in [0.3, 0.4) is 0 Å². The van der Waals surface area contributed by atoms with Gasteiger partial charge in [0, 0.05) is 27.4 Å². The molecule has 3 aromatic rings. The van der Waals surface area contributed by atoms with E-state index in [4.69, 9.17) is 4.42 Å². The first-order valence-corrected chi connectivity index (χ1v) is 9.15. The highest BCUT2D eigenvalue weighted by Crippen LogP contribution is 2.25. The van der Waals surface area contributed by atoms with E-state index in [1.165, 1.54) is 13.0 Å². The Labute approximate surface area is 170 Å². The molecule has 0 fully saturated rings. The van der Waals surface area contributed by atoms with Gasteiger partial charge in [0.25, 0.3) is 5.91 Å². The van der Waals surface area contributed by atoms with Gasteiger partial charge in [-0.1, -0.05) is 40.2 Å². The Balaban J connectivity index is 1.82. The highest BCUT2D eigenvalue weighted by Gasteiger charge is 2.12. The number of Topliss-reactive ketones (excluding diaryl/α,β-unsaturated/α-hetero) is 1. The lowest BCUT2D eigenvalue weighted by Crippen LogP contribution is -2.13. The third-order valence-electron chi connectivity index (χ3n) is 3.91. The van der Waals surface area contributed by atoms with E-state index >= 15 is 0 Å².